The molecule has 0 atom stereocenters. The van der Waals surface area contributed by atoms with Crippen molar-refractivity contribution in [2.24, 2.45) is 0 Å². The number of rotatable bonds is 16. The molecule has 6 nitrogen and oxygen atoms in total. The molecular weight excluding hydrogens is 392 g/mol. The highest BCUT2D eigenvalue weighted by molar-refractivity contribution is 5.72. The Kier molecular flexibility index (Phi) is 14.9. The number of benzene rings is 1. The van der Waals surface area contributed by atoms with E-state index in [-0.39, 0.29) is 19.0 Å². The van der Waals surface area contributed by atoms with Crippen LogP contribution >= 0.6 is 0 Å². The first kappa shape index (κ1) is 26.7. The van der Waals surface area contributed by atoms with E-state index in [2.05, 4.69) is 24.1 Å². The number of hydrogen-bond acceptors (Lipinski definition) is 5. The first-order valence-electron chi connectivity index (χ1n) is 11.6. The van der Waals surface area contributed by atoms with Gasteiger partial charge in [0.25, 0.3) is 0 Å². The number of ether oxygens (including phenoxy) is 2. The average Bonchev–Trinajstić information content (AvgIpc) is 2.78. The predicted octanol–water partition coefficient (Wildman–Crippen LogP) is 5.43. The molecule has 0 bridgehead atoms. The zero-order valence-corrected chi connectivity index (χ0v) is 19.5. The number of carbonyl (C=O) groups is 2. The molecule has 1 rings (SSSR count). The molecule has 0 saturated heterocycles. The van der Waals surface area contributed by atoms with Crippen molar-refractivity contribution in [2.45, 2.75) is 71.8 Å². The van der Waals surface area contributed by atoms with Gasteiger partial charge in [-0.15, -0.1) is 0 Å². The smallest absolute Gasteiger partial charge is 0.412 e. The highest BCUT2D eigenvalue weighted by Gasteiger charge is 2.09. The first-order valence-corrected chi connectivity index (χ1v) is 11.6. The van der Waals surface area contributed by atoms with Crippen LogP contribution in [0.2, 0.25) is 0 Å². The van der Waals surface area contributed by atoms with Gasteiger partial charge >= 0.3 is 12.1 Å². The van der Waals surface area contributed by atoms with E-state index >= 15 is 0 Å². The molecule has 174 valence electrons. The largest absolute Gasteiger partial charge is 0.461 e. The predicted molar refractivity (Wildman–Crippen MR) is 125 cm³/mol. The number of alkyl carbamates (subject to hydrolysis) is 1. The number of allylic oxidation sites excluding steroid dienone is 1. The second-order valence-corrected chi connectivity index (χ2v) is 7.75. The molecule has 0 aliphatic heterocycles. The zero-order chi connectivity index (χ0) is 22.7. The summed E-state index contributed by atoms with van der Waals surface area (Å²) in [7, 11) is 2.00. The topological polar surface area (TPSA) is 67.9 Å². The minimum Gasteiger partial charge on any atom is -0.461 e. The number of nitrogens with zero attached hydrogens (tertiary/aromatic N) is 1. The Morgan fingerprint density at radius 3 is 2.45 bits per heavy atom. The maximum absolute atomic E-state index is 12.1. The third-order valence-corrected chi connectivity index (χ3v) is 5.04. The van der Waals surface area contributed by atoms with Crippen molar-refractivity contribution in [1.82, 2.24) is 10.2 Å². The van der Waals surface area contributed by atoms with Crippen molar-refractivity contribution in [2.75, 3.05) is 26.7 Å². The fourth-order valence-electron chi connectivity index (χ4n) is 2.93. The molecule has 0 aliphatic rings. The molecule has 6 heteroatoms. The Hall–Kier alpha value is -2.34. The lowest BCUT2D eigenvalue weighted by Gasteiger charge is -2.15. The van der Waals surface area contributed by atoms with Crippen LogP contribution < -0.4 is 5.32 Å². The molecule has 31 heavy (non-hydrogen) atoms. The summed E-state index contributed by atoms with van der Waals surface area (Å²) in [6, 6.07) is 9.57. The number of nitrogens with one attached hydrogen (secondary N) is 1. The number of amides is 1. The van der Waals surface area contributed by atoms with E-state index in [1.54, 1.807) is 6.08 Å². The van der Waals surface area contributed by atoms with Gasteiger partial charge in [0, 0.05) is 19.5 Å². The van der Waals surface area contributed by atoms with Crippen LogP contribution in [0.4, 0.5) is 4.79 Å². The molecule has 1 aromatic rings. The molecule has 0 unspecified atom stereocenters. The summed E-state index contributed by atoms with van der Waals surface area (Å²) < 4.78 is 10.8. The van der Waals surface area contributed by atoms with Crippen molar-refractivity contribution in [3.05, 3.63) is 47.7 Å². The van der Waals surface area contributed by atoms with Gasteiger partial charge in [0.2, 0.25) is 0 Å². The quantitative estimate of drug-likeness (QED) is 0.214. The van der Waals surface area contributed by atoms with Gasteiger partial charge in [0.05, 0.1) is 6.42 Å². The van der Waals surface area contributed by atoms with Crippen molar-refractivity contribution in [3.63, 3.8) is 0 Å². The third kappa shape index (κ3) is 14.3. The number of carbonyl (C=O) groups excluding carboxylic acids is 2. The SMILES string of the molecule is CCCCCCCC/C(=C\CC(=O)OCc1ccccc1)OC(=O)NCCN(C)CC. The zero-order valence-electron chi connectivity index (χ0n) is 19.5. The van der Waals surface area contributed by atoms with E-state index in [1.807, 2.05) is 37.4 Å². The lowest BCUT2D eigenvalue weighted by atomic mass is 10.1. The molecule has 0 aromatic heterocycles. The highest BCUT2D eigenvalue weighted by atomic mass is 16.6. The van der Waals surface area contributed by atoms with E-state index < -0.39 is 6.09 Å². The maximum Gasteiger partial charge on any atom is 0.412 e. The summed E-state index contributed by atoms with van der Waals surface area (Å²) in [5, 5.41) is 2.77. The van der Waals surface area contributed by atoms with E-state index in [0.29, 0.717) is 18.7 Å². The van der Waals surface area contributed by atoms with Crippen molar-refractivity contribution in [1.29, 1.82) is 0 Å². The van der Waals surface area contributed by atoms with Gasteiger partial charge in [-0.25, -0.2) is 4.79 Å². The molecular formula is C25H40N2O4. The normalized spacial score (nSPS) is 11.4. The molecule has 0 radical (unpaired) electrons. The van der Waals surface area contributed by atoms with E-state index in [9.17, 15) is 9.59 Å². The molecule has 1 amide bonds. The summed E-state index contributed by atoms with van der Waals surface area (Å²) >= 11 is 0. The molecule has 0 heterocycles. The van der Waals surface area contributed by atoms with Gasteiger partial charge in [-0.05, 0) is 31.7 Å². The lowest BCUT2D eigenvalue weighted by molar-refractivity contribution is -0.143. The van der Waals surface area contributed by atoms with Gasteiger partial charge in [-0.3, -0.25) is 4.79 Å². The minimum atomic E-state index is -0.473. The van der Waals surface area contributed by atoms with Crippen LogP contribution in [0.5, 0.6) is 0 Å². The van der Waals surface area contributed by atoms with Crippen LogP contribution in [-0.4, -0.2) is 43.6 Å². The van der Waals surface area contributed by atoms with Crippen LogP contribution in [-0.2, 0) is 20.9 Å². The summed E-state index contributed by atoms with van der Waals surface area (Å²) in [5.74, 6) is 0.200. The molecule has 0 fully saturated rings. The second-order valence-electron chi connectivity index (χ2n) is 7.75. The monoisotopic (exact) mass is 432 g/mol. The maximum atomic E-state index is 12.1. The van der Waals surface area contributed by atoms with E-state index in [1.165, 1.54) is 25.7 Å². The van der Waals surface area contributed by atoms with Crippen LogP contribution in [0.25, 0.3) is 0 Å². The van der Waals surface area contributed by atoms with Crippen LogP contribution in [0.1, 0.15) is 70.8 Å². The Labute approximate surface area is 188 Å². The molecule has 0 saturated carbocycles. The fraction of sp³-hybridized carbons (Fsp3) is 0.600. The van der Waals surface area contributed by atoms with Crippen LogP contribution in [0, 0.1) is 0 Å². The first-order chi connectivity index (χ1) is 15.0. The molecule has 1 aromatic carbocycles. The van der Waals surface area contributed by atoms with E-state index in [0.717, 1.165) is 31.5 Å². The standard InChI is InChI=1S/C25H40N2O4/c1-4-6-7-8-9-13-16-23(31-25(29)26-19-20-27(3)5-2)17-18-24(28)30-21-22-14-11-10-12-15-22/h10-12,14-15,17H,4-9,13,16,18-21H2,1-3H3,(H,26,29)/b23-17+. The number of hydrogen-bond donors (Lipinski definition) is 1. The molecule has 0 aliphatic carbocycles. The average molecular weight is 433 g/mol. The summed E-state index contributed by atoms with van der Waals surface area (Å²) in [6.45, 7) is 6.71. The Morgan fingerprint density at radius 1 is 1.03 bits per heavy atom. The number of esters is 1. The van der Waals surface area contributed by atoms with Crippen molar-refractivity contribution in [3.8, 4) is 0 Å². The number of unbranched alkanes of at least 4 members (excludes halogenated alkanes) is 5. The number of likely N-dealkylation sites (N-methyl/N-ethyl adjacent to an activating group) is 1. The Balaban J connectivity index is 2.48. The van der Waals surface area contributed by atoms with Crippen LogP contribution in [0.15, 0.2) is 42.2 Å². The van der Waals surface area contributed by atoms with E-state index in [4.69, 9.17) is 9.47 Å². The summed E-state index contributed by atoms with van der Waals surface area (Å²) in [6.07, 6.45) is 8.82. The lowest BCUT2D eigenvalue weighted by Crippen LogP contribution is -2.33. The second kappa shape index (κ2) is 17.4. The van der Waals surface area contributed by atoms with Crippen molar-refractivity contribution < 1.29 is 19.1 Å². The summed E-state index contributed by atoms with van der Waals surface area (Å²) in [5.41, 5.74) is 0.944. The third-order valence-electron chi connectivity index (χ3n) is 5.04. The molecule has 1 N–H and O–H groups in total. The Morgan fingerprint density at radius 2 is 1.74 bits per heavy atom. The minimum absolute atomic E-state index is 0.0872. The highest BCUT2D eigenvalue weighted by Crippen LogP contribution is 2.14. The van der Waals surface area contributed by atoms with Gasteiger partial charge in [-0.2, -0.15) is 0 Å². The van der Waals surface area contributed by atoms with Gasteiger partial charge in [0.1, 0.15) is 12.4 Å². The summed E-state index contributed by atoms with van der Waals surface area (Å²) in [4.78, 5) is 26.4. The fourth-order valence-corrected chi connectivity index (χ4v) is 2.93. The Bertz CT molecular complexity index is 646. The van der Waals surface area contributed by atoms with Gasteiger partial charge < -0.3 is 19.7 Å². The van der Waals surface area contributed by atoms with Gasteiger partial charge in [0.15, 0.2) is 0 Å². The molecule has 0 spiro atoms. The van der Waals surface area contributed by atoms with Crippen LogP contribution in [0.3, 0.4) is 0 Å². The van der Waals surface area contributed by atoms with Crippen molar-refractivity contribution >= 4 is 12.1 Å². The van der Waals surface area contributed by atoms with Gasteiger partial charge in [-0.1, -0.05) is 76.3 Å².